The summed E-state index contributed by atoms with van der Waals surface area (Å²) in [6.07, 6.45) is 0. The van der Waals surface area contributed by atoms with Crippen LogP contribution in [-0.2, 0) is 0 Å². The zero-order valence-electron chi connectivity index (χ0n) is 15.9. The lowest BCUT2D eigenvalue weighted by Gasteiger charge is -2.13. The van der Waals surface area contributed by atoms with Gasteiger partial charge in [0.05, 0.1) is 22.0 Å². The smallest absolute Gasteiger partial charge is 0.319 e. The highest BCUT2D eigenvalue weighted by molar-refractivity contribution is 7.09. The molecular formula is C21H22N4O2S. The van der Waals surface area contributed by atoms with E-state index < -0.39 is 0 Å². The van der Waals surface area contributed by atoms with Crippen LogP contribution in [0.5, 0.6) is 0 Å². The van der Waals surface area contributed by atoms with E-state index in [2.05, 4.69) is 20.9 Å². The topological polar surface area (TPSA) is 83.1 Å². The standard InChI is InChI=1S/C21H22N4O2S/c1-13(2)22-21(27)25-18-7-5-4-6-17(18)20(26)24-16-10-8-15(9-11-16)19-12-28-14(3)23-19/h4-13H,1-3H3,(H,24,26)(H2,22,25,27). The molecule has 0 saturated carbocycles. The van der Waals surface area contributed by atoms with Gasteiger partial charge >= 0.3 is 6.03 Å². The number of carbonyl (C=O) groups excluding carboxylic acids is 2. The van der Waals surface area contributed by atoms with Crippen LogP contribution in [0.1, 0.15) is 29.2 Å². The molecule has 0 spiro atoms. The number of aryl methyl sites for hydroxylation is 1. The molecule has 0 bridgehead atoms. The molecule has 0 radical (unpaired) electrons. The lowest BCUT2D eigenvalue weighted by Crippen LogP contribution is -2.34. The Balaban J connectivity index is 1.72. The third-order valence-electron chi connectivity index (χ3n) is 3.90. The maximum atomic E-state index is 12.7. The number of nitrogens with one attached hydrogen (secondary N) is 3. The number of nitrogens with zero attached hydrogens (tertiary/aromatic N) is 1. The van der Waals surface area contributed by atoms with E-state index >= 15 is 0 Å². The van der Waals surface area contributed by atoms with Crippen molar-refractivity contribution >= 4 is 34.6 Å². The molecule has 0 aliphatic carbocycles. The first-order valence-electron chi connectivity index (χ1n) is 8.93. The number of anilines is 2. The van der Waals surface area contributed by atoms with Gasteiger partial charge in [-0.3, -0.25) is 4.79 Å². The Kier molecular flexibility index (Phi) is 6.06. The quantitative estimate of drug-likeness (QED) is 0.575. The molecule has 7 heteroatoms. The molecule has 2 aromatic carbocycles. The number of urea groups is 1. The van der Waals surface area contributed by atoms with E-state index in [0.717, 1.165) is 16.3 Å². The van der Waals surface area contributed by atoms with Gasteiger partial charge in [-0.25, -0.2) is 9.78 Å². The lowest BCUT2D eigenvalue weighted by atomic mass is 10.1. The van der Waals surface area contributed by atoms with E-state index in [0.29, 0.717) is 16.9 Å². The summed E-state index contributed by atoms with van der Waals surface area (Å²) in [6, 6.07) is 14.1. The van der Waals surface area contributed by atoms with E-state index in [1.165, 1.54) is 0 Å². The van der Waals surface area contributed by atoms with Crippen molar-refractivity contribution in [2.75, 3.05) is 10.6 Å². The van der Waals surface area contributed by atoms with Gasteiger partial charge in [0.1, 0.15) is 0 Å². The Hall–Kier alpha value is -3.19. The number of rotatable bonds is 5. The van der Waals surface area contributed by atoms with Gasteiger partial charge < -0.3 is 16.0 Å². The minimum Gasteiger partial charge on any atom is -0.336 e. The Bertz CT molecular complexity index is 980. The maximum absolute atomic E-state index is 12.7. The zero-order chi connectivity index (χ0) is 20.1. The molecule has 0 fully saturated rings. The van der Waals surface area contributed by atoms with Crippen molar-refractivity contribution in [3.05, 3.63) is 64.5 Å². The third-order valence-corrected chi connectivity index (χ3v) is 4.67. The fourth-order valence-electron chi connectivity index (χ4n) is 2.63. The van der Waals surface area contributed by atoms with Crippen molar-refractivity contribution < 1.29 is 9.59 Å². The minimum absolute atomic E-state index is 0.000933. The Morgan fingerprint density at radius 3 is 2.36 bits per heavy atom. The number of aromatic nitrogens is 1. The first-order chi connectivity index (χ1) is 13.4. The van der Waals surface area contributed by atoms with Gasteiger partial charge in [0, 0.05) is 22.7 Å². The number of carbonyl (C=O) groups is 2. The summed E-state index contributed by atoms with van der Waals surface area (Å²) in [6.45, 7) is 5.71. The molecule has 0 saturated heterocycles. The number of hydrogen-bond donors (Lipinski definition) is 3. The van der Waals surface area contributed by atoms with Gasteiger partial charge in [0.15, 0.2) is 0 Å². The van der Waals surface area contributed by atoms with Crippen LogP contribution in [0, 0.1) is 6.92 Å². The van der Waals surface area contributed by atoms with Gasteiger partial charge in [-0.05, 0) is 45.0 Å². The van der Waals surface area contributed by atoms with Gasteiger partial charge in [-0.2, -0.15) is 0 Å². The molecule has 28 heavy (non-hydrogen) atoms. The lowest BCUT2D eigenvalue weighted by molar-refractivity contribution is 0.102. The van der Waals surface area contributed by atoms with E-state index in [1.54, 1.807) is 35.6 Å². The van der Waals surface area contributed by atoms with Crippen molar-refractivity contribution in [1.29, 1.82) is 0 Å². The van der Waals surface area contributed by atoms with Crippen LogP contribution in [0.25, 0.3) is 11.3 Å². The molecule has 1 aromatic heterocycles. The summed E-state index contributed by atoms with van der Waals surface area (Å²) >= 11 is 1.60. The minimum atomic E-state index is -0.349. The summed E-state index contributed by atoms with van der Waals surface area (Å²) in [4.78, 5) is 29.1. The fourth-order valence-corrected chi connectivity index (χ4v) is 3.25. The SMILES string of the molecule is Cc1nc(-c2ccc(NC(=O)c3ccccc3NC(=O)NC(C)C)cc2)cs1. The summed E-state index contributed by atoms with van der Waals surface area (Å²) < 4.78 is 0. The molecule has 6 nitrogen and oxygen atoms in total. The van der Waals surface area contributed by atoms with Crippen LogP contribution in [0.2, 0.25) is 0 Å². The monoisotopic (exact) mass is 394 g/mol. The van der Waals surface area contributed by atoms with Crippen LogP contribution < -0.4 is 16.0 Å². The van der Waals surface area contributed by atoms with Crippen LogP contribution in [0.4, 0.5) is 16.2 Å². The second-order valence-electron chi connectivity index (χ2n) is 6.58. The molecule has 0 aliphatic heterocycles. The van der Waals surface area contributed by atoms with E-state index in [1.807, 2.05) is 50.4 Å². The highest BCUT2D eigenvalue weighted by Gasteiger charge is 2.14. The Morgan fingerprint density at radius 1 is 1.00 bits per heavy atom. The number of amides is 3. The summed E-state index contributed by atoms with van der Waals surface area (Å²) in [5.41, 5.74) is 3.43. The average Bonchev–Trinajstić information content (AvgIpc) is 3.08. The first-order valence-corrected chi connectivity index (χ1v) is 9.81. The van der Waals surface area contributed by atoms with Crippen molar-refractivity contribution in [3.8, 4) is 11.3 Å². The largest absolute Gasteiger partial charge is 0.336 e. The fraction of sp³-hybridized carbons (Fsp3) is 0.190. The number of benzene rings is 2. The molecule has 3 N–H and O–H groups in total. The van der Waals surface area contributed by atoms with Gasteiger partial charge in [0.25, 0.3) is 5.91 Å². The summed E-state index contributed by atoms with van der Waals surface area (Å²) in [5.74, 6) is -0.294. The Labute approximate surface area is 168 Å². The zero-order valence-corrected chi connectivity index (χ0v) is 16.8. The molecule has 3 rings (SSSR count). The third kappa shape index (κ3) is 4.95. The van der Waals surface area contributed by atoms with Crippen LogP contribution in [0.15, 0.2) is 53.9 Å². The van der Waals surface area contributed by atoms with E-state index in [4.69, 9.17) is 0 Å². The van der Waals surface area contributed by atoms with Crippen molar-refractivity contribution in [3.63, 3.8) is 0 Å². The molecule has 3 aromatic rings. The highest BCUT2D eigenvalue weighted by atomic mass is 32.1. The molecular weight excluding hydrogens is 372 g/mol. The van der Waals surface area contributed by atoms with Crippen molar-refractivity contribution in [2.45, 2.75) is 26.8 Å². The summed E-state index contributed by atoms with van der Waals surface area (Å²) in [7, 11) is 0. The van der Waals surface area contributed by atoms with Crippen LogP contribution in [-0.4, -0.2) is 23.0 Å². The van der Waals surface area contributed by atoms with E-state index in [-0.39, 0.29) is 18.0 Å². The Morgan fingerprint density at radius 2 is 1.71 bits per heavy atom. The predicted molar refractivity (Wildman–Crippen MR) is 114 cm³/mol. The van der Waals surface area contributed by atoms with Crippen molar-refractivity contribution in [2.24, 2.45) is 0 Å². The van der Waals surface area contributed by atoms with Gasteiger partial charge in [0.2, 0.25) is 0 Å². The molecule has 0 aliphatic rings. The highest BCUT2D eigenvalue weighted by Crippen LogP contribution is 2.24. The second-order valence-corrected chi connectivity index (χ2v) is 7.64. The molecule has 1 heterocycles. The molecule has 0 unspecified atom stereocenters. The second kappa shape index (κ2) is 8.67. The molecule has 0 atom stereocenters. The van der Waals surface area contributed by atoms with Crippen LogP contribution in [0.3, 0.4) is 0 Å². The predicted octanol–water partition coefficient (Wildman–Crippen LogP) is 4.90. The van der Waals surface area contributed by atoms with Crippen LogP contribution >= 0.6 is 11.3 Å². The number of para-hydroxylation sites is 1. The normalized spacial score (nSPS) is 10.6. The average molecular weight is 395 g/mol. The first kappa shape index (κ1) is 19.6. The number of thiazole rings is 1. The van der Waals surface area contributed by atoms with Gasteiger partial charge in [-0.15, -0.1) is 11.3 Å². The molecule has 144 valence electrons. The maximum Gasteiger partial charge on any atom is 0.319 e. The van der Waals surface area contributed by atoms with Gasteiger partial charge in [-0.1, -0.05) is 24.3 Å². The summed E-state index contributed by atoms with van der Waals surface area (Å²) in [5, 5.41) is 11.4. The van der Waals surface area contributed by atoms with E-state index in [9.17, 15) is 9.59 Å². The number of hydrogen-bond acceptors (Lipinski definition) is 4. The van der Waals surface area contributed by atoms with Crippen molar-refractivity contribution in [1.82, 2.24) is 10.3 Å². The molecule has 3 amide bonds.